The number of hydrogen-bond acceptors (Lipinski definition) is 5. The lowest BCUT2D eigenvalue weighted by Gasteiger charge is -2.24. The molecule has 0 aromatic rings. The zero-order valence-electron chi connectivity index (χ0n) is 14.6. The van der Waals surface area contributed by atoms with Gasteiger partial charge in [0.2, 0.25) is 0 Å². The van der Waals surface area contributed by atoms with Crippen LogP contribution >= 0.6 is 12.6 Å². The highest BCUT2D eigenvalue weighted by Gasteiger charge is 2.26. The Kier molecular flexibility index (Phi) is 8.81. The van der Waals surface area contributed by atoms with E-state index in [1.807, 2.05) is 0 Å². The van der Waals surface area contributed by atoms with Gasteiger partial charge in [-0.05, 0) is 46.5 Å². The van der Waals surface area contributed by atoms with E-state index in [9.17, 15) is 9.59 Å². The fraction of sp³-hybridized carbons (Fsp3) is 0.882. The van der Waals surface area contributed by atoms with Gasteiger partial charge in [0, 0.05) is 5.75 Å². The minimum atomic E-state index is -0.777. The Morgan fingerprint density at radius 2 is 1.61 bits per heavy atom. The molecule has 1 rings (SSSR count). The first-order valence-electron chi connectivity index (χ1n) is 8.62. The Bertz CT molecular complexity index is 371. The van der Waals surface area contributed by atoms with Crippen molar-refractivity contribution >= 4 is 24.7 Å². The maximum atomic E-state index is 12.3. The van der Waals surface area contributed by atoms with Crippen LogP contribution in [-0.4, -0.2) is 35.6 Å². The minimum Gasteiger partial charge on any atom is -0.461 e. The van der Waals surface area contributed by atoms with E-state index in [1.165, 1.54) is 25.7 Å². The van der Waals surface area contributed by atoms with Crippen molar-refractivity contribution in [2.45, 2.75) is 89.9 Å². The van der Waals surface area contributed by atoms with Crippen molar-refractivity contribution in [3.05, 3.63) is 0 Å². The molecule has 0 spiro atoms. The predicted octanol–water partition coefficient (Wildman–Crippen LogP) is 3.86. The van der Waals surface area contributed by atoms with Crippen molar-refractivity contribution in [1.82, 2.24) is 5.32 Å². The molecule has 1 aliphatic carbocycles. The van der Waals surface area contributed by atoms with Crippen molar-refractivity contribution in [2.24, 2.45) is 0 Å². The Morgan fingerprint density at radius 1 is 1.09 bits per heavy atom. The number of amides is 1. The number of ether oxygens (including phenoxy) is 2. The predicted molar refractivity (Wildman–Crippen MR) is 93.8 cm³/mol. The molecule has 5 nitrogen and oxygen atoms in total. The van der Waals surface area contributed by atoms with E-state index < -0.39 is 23.7 Å². The van der Waals surface area contributed by atoms with E-state index in [1.54, 1.807) is 20.8 Å². The molecular weight excluding hydrogens is 314 g/mol. The molecular formula is C17H31NO4S. The number of nitrogens with one attached hydrogen (secondary N) is 1. The molecule has 23 heavy (non-hydrogen) atoms. The van der Waals surface area contributed by atoms with Crippen LogP contribution in [0.25, 0.3) is 0 Å². The van der Waals surface area contributed by atoms with Gasteiger partial charge in [0.25, 0.3) is 0 Å². The summed E-state index contributed by atoms with van der Waals surface area (Å²) in [5.41, 5.74) is -0.604. The molecule has 0 aliphatic heterocycles. The van der Waals surface area contributed by atoms with Gasteiger partial charge < -0.3 is 14.8 Å². The Hall–Kier alpha value is -0.910. The van der Waals surface area contributed by atoms with Crippen LogP contribution in [0.4, 0.5) is 4.79 Å². The van der Waals surface area contributed by atoms with Crippen LogP contribution in [0, 0.1) is 0 Å². The number of esters is 1. The third-order valence-corrected chi connectivity index (χ3v) is 4.11. The zero-order chi connectivity index (χ0) is 17.3. The molecule has 1 unspecified atom stereocenters. The van der Waals surface area contributed by atoms with Crippen LogP contribution in [0.3, 0.4) is 0 Å². The number of carbonyl (C=O) groups is 2. The van der Waals surface area contributed by atoms with Crippen molar-refractivity contribution in [3.63, 3.8) is 0 Å². The van der Waals surface area contributed by atoms with Crippen LogP contribution < -0.4 is 5.32 Å². The molecule has 0 bridgehead atoms. The van der Waals surface area contributed by atoms with Gasteiger partial charge >= 0.3 is 12.1 Å². The summed E-state index contributed by atoms with van der Waals surface area (Å²) in [6.45, 7) is 5.33. The van der Waals surface area contributed by atoms with Crippen LogP contribution in [0.2, 0.25) is 0 Å². The number of carbonyl (C=O) groups excluding carboxylic acids is 2. The first-order chi connectivity index (χ1) is 10.8. The molecule has 0 radical (unpaired) electrons. The number of alkyl carbamates (subject to hydrolysis) is 1. The molecule has 0 aromatic carbocycles. The van der Waals surface area contributed by atoms with E-state index in [0.29, 0.717) is 0 Å². The van der Waals surface area contributed by atoms with E-state index >= 15 is 0 Å². The van der Waals surface area contributed by atoms with Gasteiger partial charge in [0.15, 0.2) is 0 Å². The summed E-state index contributed by atoms with van der Waals surface area (Å²) in [6.07, 6.45) is 8.22. The van der Waals surface area contributed by atoms with E-state index in [4.69, 9.17) is 9.47 Å². The van der Waals surface area contributed by atoms with Crippen LogP contribution in [0.1, 0.15) is 72.1 Å². The molecule has 6 heteroatoms. The summed E-state index contributed by atoms with van der Waals surface area (Å²) in [6, 6.07) is -0.777. The van der Waals surface area contributed by atoms with Gasteiger partial charge in [0.05, 0.1) is 0 Å². The highest BCUT2D eigenvalue weighted by molar-refractivity contribution is 7.80. The van der Waals surface area contributed by atoms with Gasteiger partial charge in [-0.1, -0.05) is 25.7 Å². The standard InChI is InChI=1S/C17H31NO4S/c1-17(2,3)22-16(20)18-14(12-23)15(19)21-13-10-8-6-4-5-7-9-11-13/h13-14,23H,4-12H2,1-3H3,(H,18,20). The second kappa shape index (κ2) is 10.1. The third kappa shape index (κ3) is 9.08. The lowest BCUT2D eigenvalue weighted by Crippen LogP contribution is -2.46. The summed E-state index contributed by atoms with van der Waals surface area (Å²) < 4.78 is 10.8. The monoisotopic (exact) mass is 345 g/mol. The Balaban J connectivity index is 2.49. The SMILES string of the molecule is CC(C)(C)OC(=O)NC(CS)C(=O)OC1CCCCCCCC1. The molecule has 1 saturated carbocycles. The average molecular weight is 346 g/mol. The van der Waals surface area contributed by atoms with E-state index in [-0.39, 0.29) is 11.9 Å². The molecule has 1 fully saturated rings. The topological polar surface area (TPSA) is 64.6 Å². The molecule has 1 atom stereocenters. The molecule has 1 amide bonds. The van der Waals surface area contributed by atoms with Crippen molar-refractivity contribution in [3.8, 4) is 0 Å². The van der Waals surface area contributed by atoms with Crippen LogP contribution in [0.15, 0.2) is 0 Å². The Morgan fingerprint density at radius 3 is 2.09 bits per heavy atom. The van der Waals surface area contributed by atoms with Crippen molar-refractivity contribution in [2.75, 3.05) is 5.75 Å². The molecule has 134 valence electrons. The highest BCUT2D eigenvalue weighted by Crippen LogP contribution is 2.19. The molecule has 1 aliphatic rings. The zero-order valence-corrected chi connectivity index (χ0v) is 15.5. The highest BCUT2D eigenvalue weighted by atomic mass is 32.1. The second-order valence-corrected chi connectivity index (χ2v) is 7.50. The quantitative estimate of drug-likeness (QED) is 0.600. The fourth-order valence-corrected chi connectivity index (χ4v) is 2.83. The summed E-state index contributed by atoms with van der Waals surface area (Å²) in [4.78, 5) is 24.1. The summed E-state index contributed by atoms with van der Waals surface area (Å²) in [5.74, 6) is -0.236. The number of hydrogen-bond donors (Lipinski definition) is 2. The van der Waals surface area contributed by atoms with Crippen LogP contribution in [-0.2, 0) is 14.3 Å². The molecule has 0 heterocycles. The first kappa shape index (κ1) is 20.1. The Labute approximate surface area is 145 Å². The van der Waals surface area contributed by atoms with Crippen molar-refractivity contribution in [1.29, 1.82) is 0 Å². The van der Waals surface area contributed by atoms with Gasteiger partial charge in [-0.2, -0.15) is 12.6 Å². The fourth-order valence-electron chi connectivity index (χ4n) is 2.59. The minimum absolute atomic E-state index is 0.0524. The summed E-state index contributed by atoms with van der Waals surface area (Å²) >= 11 is 4.14. The third-order valence-electron chi connectivity index (χ3n) is 3.74. The maximum absolute atomic E-state index is 12.3. The average Bonchev–Trinajstić information content (AvgIpc) is 2.56. The summed E-state index contributed by atoms with van der Waals surface area (Å²) in [7, 11) is 0. The van der Waals surface area contributed by atoms with Crippen LogP contribution in [0.5, 0.6) is 0 Å². The molecule has 0 saturated heterocycles. The van der Waals surface area contributed by atoms with Crippen molar-refractivity contribution < 1.29 is 19.1 Å². The molecule has 0 aromatic heterocycles. The number of thiol groups is 1. The molecule has 1 N–H and O–H groups in total. The van der Waals surface area contributed by atoms with Gasteiger partial charge in [-0.25, -0.2) is 9.59 Å². The second-order valence-electron chi connectivity index (χ2n) is 7.14. The van der Waals surface area contributed by atoms with Gasteiger partial charge in [0.1, 0.15) is 17.7 Å². The number of rotatable bonds is 4. The lowest BCUT2D eigenvalue weighted by atomic mass is 10.1. The van der Waals surface area contributed by atoms with Gasteiger partial charge in [-0.3, -0.25) is 0 Å². The largest absolute Gasteiger partial charge is 0.461 e. The van der Waals surface area contributed by atoms with E-state index in [2.05, 4.69) is 17.9 Å². The lowest BCUT2D eigenvalue weighted by molar-refractivity contribution is -0.151. The summed E-state index contributed by atoms with van der Waals surface area (Å²) in [5, 5.41) is 2.54. The smallest absolute Gasteiger partial charge is 0.408 e. The van der Waals surface area contributed by atoms with Gasteiger partial charge in [-0.15, -0.1) is 0 Å². The normalized spacial score (nSPS) is 19.0. The maximum Gasteiger partial charge on any atom is 0.408 e. The first-order valence-corrected chi connectivity index (χ1v) is 9.26. The van der Waals surface area contributed by atoms with E-state index in [0.717, 1.165) is 25.7 Å².